The van der Waals surface area contributed by atoms with Crippen LogP contribution in [-0.2, 0) is 16.1 Å². The van der Waals surface area contributed by atoms with Crippen molar-refractivity contribution in [2.24, 2.45) is 4.99 Å². The van der Waals surface area contributed by atoms with Crippen LogP contribution in [0.5, 0.6) is 23.0 Å². The Morgan fingerprint density at radius 3 is 2.44 bits per heavy atom. The maximum Gasteiger partial charge on any atom is 0.338 e. The summed E-state index contributed by atoms with van der Waals surface area (Å²) in [5.74, 6) is 1.52. The number of thiazole rings is 1. The summed E-state index contributed by atoms with van der Waals surface area (Å²) in [5.41, 5.74) is 2.57. The maximum absolute atomic E-state index is 14.2. The van der Waals surface area contributed by atoms with Gasteiger partial charge in [0.1, 0.15) is 6.61 Å². The molecule has 0 saturated heterocycles. The highest BCUT2D eigenvalue weighted by atomic mass is 35.5. The number of carbonyl (C=O) groups is 1. The van der Waals surface area contributed by atoms with Gasteiger partial charge in [-0.25, -0.2) is 9.79 Å². The molecule has 1 aromatic heterocycles. The molecular formula is C36H36Cl2N2O7S. The lowest BCUT2D eigenvalue weighted by Crippen LogP contribution is -2.40. The van der Waals surface area contributed by atoms with E-state index in [1.807, 2.05) is 45.0 Å². The third-order valence-corrected chi connectivity index (χ3v) is 8.92. The van der Waals surface area contributed by atoms with Crippen LogP contribution in [0.25, 0.3) is 6.08 Å². The number of methoxy groups -OCH3 is 1. The van der Waals surface area contributed by atoms with Gasteiger partial charge in [0, 0.05) is 15.6 Å². The van der Waals surface area contributed by atoms with Crippen LogP contribution in [0, 0.1) is 0 Å². The van der Waals surface area contributed by atoms with Crippen molar-refractivity contribution in [3.63, 3.8) is 0 Å². The zero-order valence-electron chi connectivity index (χ0n) is 27.5. The Bertz CT molecular complexity index is 2050. The van der Waals surface area contributed by atoms with Crippen molar-refractivity contribution in [3.05, 3.63) is 112 Å². The molecule has 3 aromatic carbocycles. The molecule has 0 amide bonds. The van der Waals surface area contributed by atoms with Crippen LogP contribution >= 0.6 is 34.5 Å². The number of nitrogens with zero attached hydrogens (tertiary/aromatic N) is 2. The first-order chi connectivity index (χ1) is 23.0. The van der Waals surface area contributed by atoms with Crippen molar-refractivity contribution in [1.82, 2.24) is 4.57 Å². The lowest BCUT2D eigenvalue weighted by molar-refractivity contribution is -0.139. The molecule has 48 heavy (non-hydrogen) atoms. The van der Waals surface area contributed by atoms with Gasteiger partial charge >= 0.3 is 5.97 Å². The number of carbonyl (C=O) groups excluding carboxylic acids is 1. The summed E-state index contributed by atoms with van der Waals surface area (Å²) in [5, 5.41) is 1.05. The molecule has 5 rings (SSSR count). The lowest BCUT2D eigenvalue weighted by atomic mass is 9.95. The second kappa shape index (κ2) is 15.3. The Balaban J connectivity index is 1.57. The monoisotopic (exact) mass is 710 g/mol. The Kier molecular flexibility index (Phi) is 11.2. The molecule has 0 saturated carbocycles. The number of ether oxygens (including phenoxy) is 5. The van der Waals surface area contributed by atoms with E-state index in [9.17, 15) is 9.59 Å². The summed E-state index contributed by atoms with van der Waals surface area (Å²) in [4.78, 5) is 32.6. The Morgan fingerprint density at radius 2 is 1.75 bits per heavy atom. The Labute approximate surface area is 292 Å². The summed E-state index contributed by atoms with van der Waals surface area (Å²) in [7, 11) is 1.55. The maximum atomic E-state index is 14.2. The molecule has 252 valence electrons. The van der Waals surface area contributed by atoms with Crippen LogP contribution in [0.2, 0.25) is 10.0 Å². The summed E-state index contributed by atoms with van der Waals surface area (Å²) >= 11 is 13.6. The van der Waals surface area contributed by atoms with E-state index in [-0.39, 0.29) is 30.5 Å². The SMILES string of the molecule is CCOC(=O)C1=C(C)N=c2s/c(=C\c3ccc(OCc4ccc(Cl)cc4Cl)c(OCC)c3)c(=O)n2[C@@H]1c1ccc(OC(C)C)c(OC)c1. The van der Waals surface area contributed by atoms with Gasteiger partial charge < -0.3 is 23.7 Å². The zero-order chi connectivity index (χ0) is 34.5. The number of hydrogen-bond donors (Lipinski definition) is 0. The minimum atomic E-state index is -0.807. The van der Waals surface area contributed by atoms with Crippen molar-refractivity contribution in [1.29, 1.82) is 0 Å². The Hall–Kier alpha value is -4.25. The predicted molar refractivity (Wildman–Crippen MR) is 188 cm³/mol. The van der Waals surface area contributed by atoms with E-state index in [0.29, 0.717) is 60.2 Å². The summed E-state index contributed by atoms with van der Waals surface area (Å²) in [6, 6.07) is 15.2. The minimum Gasteiger partial charge on any atom is -0.493 e. The zero-order valence-corrected chi connectivity index (χ0v) is 29.8. The number of fused-ring (bicyclic) bond motifs is 1. The quantitative estimate of drug-likeness (QED) is 0.148. The van der Waals surface area contributed by atoms with Crippen LogP contribution < -0.4 is 33.8 Å². The number of esters is 1. The predicted octanol–water partition coefficient (Wildman–Crippen LogP) is 6.88. The Morgan fingerprint density at radius 1 is 0.979 bits per heavy atom. The van der Waals surface area contributed by atoms with Crippen molar-refractivity contribution < 1.29 is 28.5 Å². The van der Waals surface area contributed by atoms with Gasteiger partial charge in [0.2, 0.25) is 0 Å². The third-order valence-electron chi connectivity index (χ3n) is 7.35. The van der Waals surface area contributed by atoms with Crippen LogP contribution in [0.4, 0.5) is 0 Å². The number of halogens is 2. The van der Waals surface area contributed by atoms with E-state index in [0.717, 1.165) is 11.1 Å². The number of aromatic nitrogens is 1. The van der Waals surface area contributed by atoms with Crippen LogP contribution in [0.3, 0.4) is 0 Å². The summed E-state index contributed by atoms with van der Waals surface area (Å²) in [6.07, 6.45) is 1.69. The largest absolute Gasteiger partial charge is 0.493 e. The van der Waals surface area contributed by atoms with E-state index in [2.05, 4.69) is 4.99 Å². The van der Waals surface area contributed by atoms with Gasteiger partial charge in [-0.05, 0) is 88.2 Å². The highest BCUT2D eigenvalue weighted by Crippen LogP contribution is 2.37. The topological polar surface area (TPSA) is 97.6 Å². The van der Waals surface area contributed by atoms with Crippen LogP contribution in [-0.4, -0.2) is 37.0 Å². The van der Waals surface area contributed by atoms with Crippen molar-refractivity contribution in [2.45, 2.75) is 53.4 Å². The molecule has 0 spiro atoms. The molecule has 0 aliphatic carbocycles. The van der Waals surface area contributed by atoms with Gasteiger partial charge in [0.25, 0.3) is 5.56 Å². The molecule has 0 radical (unpaired) electrons. The number of hydrogen-bond acceptors (Lipinski definition) is 9. The first-order valence-corrected chi connectivity index (χ1v) is 17.0. The first-order valence-electron chi connectivity index (χ1n) is 15.4. The molecule has 0 bridgehead atoms. The molecule has 12 heteroatoms. The van der Waals surface area contributed by atoms with Gasteiger partial charge in [0.05, 0.1) is 48.3 Å². The second-order valence-corrected chi connectivity index (χ2v) is 12.9. The molecule has 2 heterocycles. The van der Waals surface area contributed by atoms with Crippen LogP contribution in [0.1, 0.15) is 57.4 Å². The van der Waals surface area contributed by atoms with Crippen LogP contribution in [0.15, 0.2) is 75.7 Å². The van der Waals surface area contributed by atoms with Gasteiger partial charge in [-0.15, -0.1) is 0 Å². The molecule has 1 atom stereocenters. The normalized spacial score (nSPS) is 14.4. The molecular weight excluding hydrogens is 675 g/mol. The van der Waals surface area contributed by atoms with Gasteiger partial charge in [0.15, 0.2) is 27.8 Å². The number of benzene rings is 3. The highest BCUT2D eigenvalue weighted by molar-refractivity contribution is 7.07. The van der Waals surface area contributed by atoms with E-state index in [1.54, 1.807) is 57.4 Å². The fourth-order valence-electron chi connectivity index (χ4n) is 5.26. The molecule has 9 nitrogen and oxygen atoms in total. The number of allylic oxidation sites excluding steroid dienone is 1. The first kappa shape index (κ1) is 35.1. The fraction of sp³-hybridized carbons (Fsp3) is 0.306. The molecule has 4 aromatic rings. The van der Waals surface area contributed by atoms with Crippen molar-refractivity contribution in [2.75, 3.05) is 20.3 Å². The third kappa shape index (κ3) is 7.56. The molecule has 0 unspecified atom stereocenters. The molecule has 1 aliphatic heterocycles. The fourth-order valence-corrected chi connectivity index (χ4v) is 6.77. The van der Waals surface area contributed by atoms with Gasteiger partial charge in [-0.1, -0.05) is 52.7 Å². The molecule has 0 fully saturated rings. The minimum absolute atomic E-state index is 0.0782. The smallest absolute Gasteiger partial charge is 0.338 e. The molecule has 0 N–H and O–H groups in total. The van der Waals surface area contributed by atoms with Crippen molar-refractivity contribution in [3.8, 4) is 23.0 Å². The van der Waals surface area contributed by atoms with E-state index >= 15 is 0 Å². The summed E-state index contributed by atoms with van der Waals surface area (Å²) in [6.45, 7) is 10.00. The average molecular weight is 712 g/mol. The standard InChI is InChI=1S/C36H36Cl2N2O7S/c1-7-44-30-15-22(9-13-27(30)46-19-24-10-12-25(37)18-26(24)38)16-31-34(41)40-33(23-11-14-28(47-20(3)4)29(17-23)43-6)32(35(42)45-8-2)21(5)39-36(40)48-31/h9-18,20,33H,7-8,19H2,1-6H3/b31-16-/t33-/m1/s1. The van der Waals surface area contributed by atoms with E-state index in [4.69, 9.17) is 46.9 Å². The lowest BCUT2D eigenvalue weighted by Gasteiger charge is -2.25. The van der Waals surface area contributed by atoms with E-state index < -0.39 is 12.0 Å². The van der Waals surface area contributed by atoms with Crippen molar-refractivity contribution >= 4 is 46.6 Å². The van der Waals surface area contributed by atoms with Gasteiger partial charge in [-0.2, -0.15) is 0 Å². The number of rotatable bonds is 12. The highest BCUT2D eigenvalue weighted by Gasteiger charge is 2.34. The van der Waals surface area contributed by atoms with Gasteiger partial charge in [-0.3, -0.25) is 9.36 Å². The average Bonchev–Trinajstić information content (AvgIpc) is 3.34. The molecule has 1 aliphatic rings. The van der Waals surface area contributed by atoms with E-state index in [1.165, 1.54) is 15.9 Å². The summed E-state index contributed by atoms with van der Waals surface area (Å²) < 4.78 is 30.9. The second-order valence-electron chi connectivity index (χ2n) is 11.0.